The van der Waals surface area contributed by atoms with Gasteiger partial charge in [-0.3, -0.25) is 0 Å². The van der Waals surface area contributed by atoms with E-state index in [4.69, 9.17) is 9.40 Å². The minimum atomic E-state index is 0.621. The van der Waals surface area contributed by atoms with Crippen LogP contribution in [0.2, 0.25) is 0 Å². The van der Waals surface area contributed by atoms with Crippen LogP contribution >= 0.6 is 0 Å². The van der Waals surface area contributed by atoms with Crippen molar-refractivity contribution >= 4 is 23.3 Å². The fourth-order valence-corrected chi connectivity index (χ4v) is 4.64. The first-order valence-corrected chi connectivity index (χ1v) is 13.1. The number of hydrogen-bond donors (Lipinski definition) is 0. The van der Waals surface area contributed by atoms with Gasteiger partial charge in [-0.15, -0.1) is 5.10 Å². The summed E-state index contributed by atoms with van der Waals surface area (Å²) in [5.74, 6) is 0.621. The molecule has 5 nitrogen and oxygen atoms in total. The van der Waals surface area contributed by atoms with Crippen molar-refractivity contribution in [1.82, 2.24) is 20.0 Å². The predicted octanol–water partition coefficient (Wildman–Crippen LogP) is 8.58. The number of rotatable bonds is 6. The van der Waals surface area contributed by atoms with Gasteiger partial charge in [-0.1, -0.05) is 103 Å². The van der Waals surface area contributed by atoms with Crippen molar-refractivity contribution in [3.63, 3.8) is 0 Å². The molecule has 190 valence electrons. The van der Waals surface area contributed by atoms with Gasteiger partial charge < -0.3 is 4.42 Å². The number of para-hydroxylation sites is 1. The van der Waals surface area contributed by atoms with Crippen LogP contribution in [0.25, 0.3) is 62.8 Å². The molecule has 0 fully saturated rings. The zero-order chi connectivity index (χ0) is 26.7. The van der Waals surface area contributed by atoms with Gasteiger partial charge in [-0.2, -0.15) is 9.90 Å². The highest BCUT2D eigenvalue weighted by Crippen LogP contribution is 2.29. The van der Waals surface area contributed by atoms with E-state index in [1.165, 1.54) is 0 Å². The maximum absolute atomic E-state index is 6.05. The lowest BCUT2D eigenvalue weighted by molar-refractivity contribution is 0.620. The quantitative estimate of drug-likeness (QED) is 0.208. The Bertz CT molecular complexity index is 1920. The maximum atomic E-state index is 6.05. The summed E-state index contributed by atoms with van der Waals surface area (Å²) in [6.07, 6.45) is 5.99. The molecule has 2 heterocycles. The fourth-order valence-electron chi connectivity index (χ4n) is 4.64. The molecule has 0 aliphatic rings. The lowest BCUT2D eigenvalue weighted by atomic mass is 10.1. The molecule has 0 bridgehead atoms. The largest absolute Gasteiger partial charge is 0.436 e. The topological polar surface area (TPSA) is 56.7 Å². The third kappa shape index (κ3) is 4.84. The van der Waals surface area contributed by atoms with Crippen LogP contribution in [0.5, 0.6) is 0 Å². The summed E-state index contributed by atoms with van der Waals surface area (Å²) in [6.45, 7) is 0. The van der Waals surface area contributed by atoms with E-state index in [0.29, 0.717) is 5.89 Å². The number of hydrogen-bond acceptors (Lipinski definition) is 4. The molecule has 0 saturated carbocycles. The van der Waals surface area contributed by atoms with Crippen molar-refractivity contribution in [3.05, 3.63) is 145 Å². The first-order valence-electron chi connectivity index (χ1n) is 13.1. The van der Waals surface area contributed by atoms with Gasteiger partial charge in [0, 0.05) is 11.1 Å². The second-order valence-electron chi connectivity index (χ2n) is 9.50. The maximum Gasteiger partial charge on any atom is 0.227 e. The van der Waals surface area contributed by atoms with Gasteiger partial charge in [0.1, 0.15) is 11.2 Å². The van der Waals surface area contributed by atoms with E-state index in [1.54, 1.807) is 11.0 Å². The molecular weight excluding hydrogens is 492 g/mol. The van der Waals surface area contributed by atoms with Crippen LogP contribution in [0.15, 0.2) is 138 Å². The van der Waals surface area contributed by atoms with Crippen molar-refractivity contribution in [3.8, 4) is 39.5 Å². The molecule has 5 heteroatoms. The molecule has 0 aliphatic carbocycles. The summed E-state index contributed by atoms with van der Waals surface area (Å²) in [6, 6.07) is 42.9. The number of aromatic nitrogens is 4. The number of nitrogens with zero attached hydrogens (tertiary/aromatic N) is 4. The fraction of sp³-hybridized carbons (Fsp3) is 0. The molecule has 40 heavy (non-hydrogen) atoms. The second kappa shape index (κ2) is 10.3. The normalized spacial score (nSPS) is 11.4. The summed E-state index contributed by atoms with van der Waals surface area (Å²) < 4.78 is 6.05. The Balaban J connectivity index is 1.04. The molecule has 2 aromatic heterocycles. The zero-order valence-corrected chi connectivity index (χ0v) is 21.6. The van der Waals surface area contributed by atoms with E-state index in [2.05, 4.69) is 83.0 Å². The lowest BCUT2D eigenvalue weighted by Gasteiger charge is -2.00. The highest BCUT2D eigenvalue weighted by Gasteiger charge is 2.10. The highest BCUT2D eigenvalue weighted by atomic mass is 16.3. The Labute approximate surface area is 231 Å². The Morgan fingerprint density at radius 2 is 1.20 bits per heavy atom. The van der Waals surface area contributed by atoms with Crippen LogP contribution in [0.3, 0.4) is 0 Å². The summed E-state index contributed by atoms with van der Waals surface area (Å²) in [5.41, 5.74) is 9.88. The van der Waals surface area contributed by atoms with Gasteiger partial charge in [0.15, 0.2) is 5.58 Å². The minimum absolute atomic E-state index is 0.621. The Morgan fingerprint density at radius 3 is 1.90 bits per heavy atom. The number of oxazole rings is 1. The van der Waals surface area contributed by atoms with Crippen LogP contribution in [0.4, 0.5) is 0 Å². The van der Waals surface area contributed by atoms with Crippen LogP contribution in [0, 0.1) is 0 Å². The van der Waals surface area contributed by atoms with E-state index in [0.717, 1.165) is 55.9 Å². The number of benzene rings is 5. The Kier molecular flexibility index (Phi) is 6.07. The Hall–Kier alpha value is -5.55. The van der Waals surface area contributed by atoms with Crippen molar-refractivity contribution in [2.24, 2.45) is 0 Å². The Morgan fingerprint density at radius 1 is 0.575 bits per heavy atom. The van der Waals surface area contributed by atoms with Crippen molar-refractivity contribution in [2.75, 3.05) is 0 Å². The molecule has 0 radical (unpaired) electrons. The lowest BCUT2D eigenvalue weighted by Crippen LogP contribution is -1.97. The highest BCUT2D eigenvalue weighted by molar-refractivity contribution is 5.82. The van der Waals surface area contributed by atoms with Gasteiger partial charge in [-0.05, 0) is 58.7 Å². The molecule has 0 spiro atoms. The molecule has 0 aliphatic heterocycles. The first-order chi connectivity index (χ1) is 19.8. The van der Waals surface area contributed by atoms with Gasteiger partial charge in [0.05, 0.1) is 11.9 Å². The third-order valence-corrected chi connectivity index (χ3v) is 6.81. The van der Waals surface area contributed by atoms with Crippen LogP contribution in [-0.2, 0) is 0 Å². The smallest absolute Gasteiger partial charge is 0.227 e. The van der Waals surface area contributed by atoms with E-state index >= 15 is 0 Å². The average molecular weight is 517 g/mol. The molecule has 7 aromatic rings. The van der Waals surface area contributed by atoms with Crippen LogP contribution in [-0.4, -0.2) is 20.0 Å². The van der Waals surface area contributed by atoms with Gasteiger partial charge in [0.2, 0.25) is 5.89 Å². The molecule has 0 amide bonds. The third-order valence-electron chi connectivity index (χ3n) is 6.81. The summed E-state index contributed by atoms with van der Waals surface area (Å²) in [5, 5.41) is 9.01. The van der Waals surface area contributed by atoms with Gasteiger partial charge >= 0.3 is 0 Å². The predicted molar refractivity (Wildman–Crippen MR) is 161 cm³/mol. The van der Waals surface area contributed by atoms with Gasteiger partial charge in [-0.25, -0.2) is 4.98 Å². The molecule has 7 rings (SSSR count). The number of fused-ring (bicyclic) bond motifs is 1. The second-order valence-corrected chi connectivity index (χ2v) is 9.50. The summed E-state index contributed by atoms with van der Waals surface area (Å²) in [4.78, 5) is 6.40. The molecular formula is C35H24N4O. The van der Waals surface area contributed by atoms with E-state index in [1.807, 2.05) is 66.7 Å². The average Bonchev–Trinajstić information content (AvgIpc) is 3.69. The van der Waals surface area contributed by atoms with Crippen molar-refractivity contribution in [2.45, 2.75) is 0 Å². The van der Waals surface area contributed by atoms with Crippen LogP contribution in [0.1, 0.15) is 11.1 Å². The molecule has 0 N–H and O–H groups in total. The minimum Gasteiger partial charge on any atom is -0.436 e. The SMILES string of the molecule is C(=Cc1ccc(-c2nc3cc(-c4ccccc4)ccc3o2)cc1)c1ccc(-c2cnn(-c3ccccc3)n2)cc1. The summed E-state index contributed by atoms with van der Waals surface area (Å²) in [7, 11) is 0. The molecule has 0 saturated heterocycles. The summed E-state index contributed by atoms with van der Waals surface area (Å²) >= 11 is 0. The monoisotopic (exact) mass is 516 g/mol. The van der Waals surface area contributed by atoms with Crippen molar-refractivity contribution in [1.29, 1.82) is 0 Å². The van der Waals surface area contributed by atoms with E-state index in [-0.39, 0.29) is 0 Å². The molecule has 0 atom stereocenters. The molecule has 0 unspecified atom stereocenters. The standard InChI is InChI=1S/C35H24N4O/c1-3-7-27(8-4-1)30-21-22-34-32(23-30)37-35(40-34)29-19-15-26(16-20-29)12-11-25-13-17-28(18-14-25)33-24-36-39(38-33)31-9-5-2-6-10-31/h1-24H. The van der Waals surface area contributed by atoms with Gasteiger partial charge in [0.25, 0.3) is 0 Å². The first kappa shape index (κ1) is 23.6. The van der Waals surface area contributed by atoms with E-state index < -0.39 is 0 Å². The van der Waals surface area contributed by atoms with Crippen LogP contribution < -0.4 is 0 Å². The zero-order valence-electron chi connectivity index (χ0n) is 21.6. The molecule has 5 aromatic carbocycles. The van der Waals surface area contributed by atoms with Crippen molar-refractivity contribution < 1.29 is 4.42 Å². The van der Waals surface area contributed by atoms with E-state index in [9.17, 15) is 0 Å².